The Kier molecular flexibility index (Phi) is 2.84. The fourth-order valence-corrected chi connectivity index (χ4v) is 1.98. The van der Waals surface area contributed by atoms with E-state index >= 15 is 0 Å². The number of nitrogens with two attached hydrogens (primary N) is 2. The van der Waals surface area contributed by atoms with E-state index in [2.05, 4.69) is 4.98 Å². The molecule has 1 aromatic rings. The number of aromatic nitrogens is 2. The van der Waals surface area contributed by atoms with Crippen LogP contribution in [0.2, 0.25) is 0 Å². The molecule has 1 aliphatic heterocycles. The number of carbonyl (C=O) groups excluding carboxylic acids is 1. The van der Waals surface area contributed by atoms with E-state index in [-0.39, 0.29) is 5.78 Å². The van der Waals surface area contributed by atoms with Gasteiger partial charge in [-0.25, -0.2) is 4.57 Å². The first-order chi connectivity index (χ1) is 7.63. The summed E-state index contributed by atoms with van der Waals surface area (Å²) >= 11 is 0. The summed E-state index contributed by atoms with van der Waals surface area (Å²) in [6.07, 6.45) is 1.56. The van der Waals surface area contributed by atoms with E-state index in [9.17, 15) is 4.79 Å². The van der Waals surface area contributed by atoms with Gasteiger partial charge >= 0.3 is 5.95 Å². The van der Waals surface area contributed by atoms with Gasteiger partial charge < -0.3 is 5.73 Å². The van der Waals surface area contributed by atoms with E-state index in [1.54, 1.807) is 6.20 Å². The number of rotatable bonds is 2. The third kappa shape index (κ3) is 1.77. The van der Waals surface area contributed by atoms with E-state index in [0.717, 1.165) is 5.69 Å². The third-order valence-corrected chi connectivity index (χ3v) is 2.73. The summed E-state index contributed by atoms with van der Waals surface area (Å²) in [6, 6.07) is 0. The van der Waals surface area contributed by atoms with Crippen molar-refractivity contribution in [3.63, 3.8) is 0 Å². The normalized spacial score (nSPS) is 16.2. The first kappa shape index (κ1) is 11.0. The molecule has 0 atom stereocenters. The fraction of sp³-hybridized carbons (Fsp3) is 0.500. The molecule has 1 aromatic heterocycles. The van der Waals surface area contributed by atoms with E-state index in [1.165, 1.54) is 0 Å². The lowest BCUT2D eigenvalue weighted by Crippen LogP contribution is -2.50. The number of Topliss-reactive ketones (excluding diaryl/α,β-unsaturated/α-hetero) is 1. The van der Waals surface area contributed by atoms with Gasteiger partial charge in [0.2, 0.25) is 0 Å². The van der Waals surface area contributed by atoms with Gasteiger partial charge in [-0.05, 0) is 7.05 Å². The van der Waals surface area contributed by atoms with Crippen LogP contribution < -0.4 is 16.0 Å². The fourth-order valence-electron chi connectivity index (χ4n) is 1.98. The van der Waals surface area contributed by atoms with Gasteiger partial charge in [0.25, 0.3) is 0 Å². The standard InChI is InChI=1S/C10H15N5O/c1-14-5-8-7(9(16)6-14)4-13-10(12)15(8)3-2-11/h4,12H,2-3,5-6,11H2,1H3/p+1. The molecule has 6 nitrogen and oxygen atoms in total. The van der Waals surface area contributed by atoms with Crippen molar-refractivity contribution in [2.75, 3.05) is 25.9 Å². The predicted octanol–water partition coefficient (Wildman–Crippen LogP) is -1.46. The molecule has 0 radical (unpaired) electrons. The molecule has 16 heavy (non-hydrogen) atoms. The van der Waals surface area contributed by atoms with Gasteiger partial charge in [0.1, 0.15) is 11.9 Å². The average molecular weight is 222 g/mol. The molecule has 0 aromatic carbocycles. The summed E-state index contributed by atoms with van der Waals surface area (Å²) in [6.45, 7) is 2.20. The number of fused-ring (bicyclic) bond motifs is 1. The largest absolute Gasteiger partial charge is 0.389 e. The van der Waals surface area contributed by atoms with Gasteiger partial charge in [-0.2, -0.15) is 0 Å². The Hall–Kier alpha value is -1.53. The Balaban J connectivity index is 2.53. The van der Waals surface area contributed by atoms with Crippen LogP contribution in [0, 0.1) is 0 Å². The highest BCUT2D eigenvalue weighted by Crippen LogP contribution is 2.14. The molecule has 0 unspecified atom stereocenters. The molecule has 0 saturated carbocycles. The van der Waals surface area contributed by atoms with Crippen LogP contribution in [-0.2, 0) is 13.1 Å². The summed E-state index contributed by atoms with van der Waals surface area (Å²) < 4.78 is 1.82. The highest BCUT2D eigenvalue weighted by molar-refractivity contribution is 5.98. The molecule has 0 saturated heterocycles. The van der Waals surface area contributed by atoms with Gasteiger partial charge in [0, 0.05) is 6.54 Å². The molecule has 0 amide bonds. The lowest BCUT2D eigenvalue weighted by molar-refractivity contribution is -0.691. The van der Waals surface area contributed by atoms with Crippen molar-refractivity contribution in [3.8, 4) is 0 Å². The summed E-state index contributed by atoms with van der Waals surface area (Å²) in [5.41, 5.74) is 12.9. The quantitative estimate of drug-likeness (QED) is 0.597. The van der Waals surface area contributed by atoms with Gasteiger partial charge in [-0.15, -0.1) is 0 Å². The van der Waals surface area contributed by atoms with Crippen LogP contribution in [0.5, 0.6) is 0 Å². The molecule has 2 rings (SSSR count). The topological polar surface area (TPSA) is 89.1 Å². The third-order valence-electron chi connectivity index (χ3n) is 2.73. The molecular formula is C10H16N5O+. The lowest BCUT2D eigenvalue weighted by Gasteiger charge is -2.23. The molecule has 2 heterocycles. The zero-order valence-corrected chi connectivity index (χ0v) is 9.31. The Morgan fingerprint density at radius 2 is 2.31 bits per heavy atom. The van der Waals surface area contributed by atoms with Crippen molar-refractivity contribution in [1.82, 2.24) is 9.88 Å². The van der Waals surface area contributed by atoms with Crippen molar-refractivity contribution in [3.05, 3.63) is 17.5 Å². The number of nitrogen functional groups attached to an aromatic ring is 1. The van der Waals surface area contributed by atoms with Crippen LogP contribution in [-0.4, -0.2) is 35.8 Å². The number of nitrogens with zero attached hydrogens (tertiary/aromatic N) is 3. The van der Waals surface area contributed by atoms with Crippen LogP contribution in [0.15, 0.2) is 6.20 Å². The average Bonchev–Trinajstić information content (AvgIpc) is 2.22. The Morgan fingerprint density at radius 3 is 3.00 bits per heavy atom. The minimum absolute atomic E-state index is 0.0852. The number of hydrogen-bond acceptors (Lipinski definition) is 5. The highest BCUT2D eigenvalue weighted by atomic mass is 16.1. The first-order valence-electron chi connectivity index (χ1n) is 5.22. The molecule has 6 heteroatoms. The zero-order chi connectivity index (χ0) is 11.7. The van der Waals surface area contributed by atoms with Gasteiger partial charge in [0.05, 0.1) is 25.2 Å². The molecule has 0 fully saturated rings. The number of anilines is 1. The Morgan fingerprint density at radius 1 is 1.56 bits per heavy atom. The maximum absolute atomic E-state index is 11.8. The first-order valence-corrected chi connectivity index (χ1v) is 5.22. The highest BCUT2D eigenvalue weighted by Gasteiger charge is 2.27. The van der Waals surface area contributed by atoms with E-state index in [4.69, 9.17) is 11.5 Å². The van der Waals surface area contributed by atoms with Crippen LogP contribution in [0.3, 0.4) is 0 Å². The second-order valence-electron chi connectivity index (χ2n) is 4.01. The van der Waals surface area contributed by atoms with Crippen molar-refractivity contribution < 1.29 is 9.36 Å². The van der Waals surface area contributed by atoms with Crippen molar-refractivity contribution in [1.29, 1.82) is 0 Å². The van der Waals surface area contributed by atoms with Gasteiger partial charge in [-0.3, -0.25) is 15.4 Å². The van der Waals surface area contributed by atoms with Gasteiger partial charge in [0.15, 0.2) is 5.78 Å². The molecule has 86 valence electrons. The Bertz CT molecular complexity index is 431. The van der Waals surface area contributed by atoms with E-state index in [1.807, 2.05) is 16.5 Å². The van der Waals surface area contributed by atoms with E-state index < -0.39 is 0 Å². The second-order valence-corrected chi connectivity index (χ2v) is 4.01. The zero-order valence-electron chi connectivity index (χ0n) is 9.31. The summed E-state index contributed by atoms with van der Waals surface area (Å²) in [7, 11) is 1.91. The summed E-state index contributed by atoms with van der Waals surface area (Å²) in [5, 5.41) is 0. The van der Waals surface area contributed by atoms with Crippen LogP contribution in [0.4, 0.5) is 5.95 Å². The van der Waals surface area contributed by atoms with Crippen LogP contribution >= 0.6 is 0 Å². The van der Waals surface area contributed by atoms with Gasteiger partial charge in [-0.1, -0.05) is 4.98 Å². The maximum Gasteiger partial charge on any atom is 0.389 e. The summed E-state index contributed by atoms with van der Waals surface area (Å²) in [5.74, 6) is 0.495. The molecule has 4 N–H and O–H groups in total. The maximum atomic E-state index is 11.8. The SMILES string of the molecule is CN1CC(=O)c2cnc(N)[n+](CCN)c2C1. The number of likely N-dealkylation sites (N-methyl/N-ethyl adjacent to an activating group) is 1. The lowest BCUT2D eigenvalue weighted by atomic mass is 10.1. The minimum Gasteiger partial charge on any atom is -0.328 e. The second kappa shape index (κ2) is 4.15. The summed E-state index contributed by atoms with van der Waals surface area (Å²) in [4.78, 5) is 17.8. The monoisotopic (exact) mass is 222 g/mol. The molecule has 0 spiro atoms. The minimum atomic E-state index is 0.0852. The number of carbonyl (C=O) groups is 1. The van der Waals surface area contributed by atoms with Crippen molar-refractivity contribution >= 4 is 11.7 Å². The van der Waals surface area contributed by atoms with Crippen molar-refractivity contribution in [2.24, 2.45) is 5.73 Å². The number of ketones is 1. The Labute approximate surface area is 93.9 Å². The molecule has 1 aliphatic rings. The molecular weight excluding hydrogens is 206 g/mol. The van der Waals surface area contributed by atoms with Crippen molar-refractivity contribution in [2.45, 2.75) is 13.1 Å². The van der Waals surface area contributed by atoms with E-state index in [0.29, 0.717) is 37.7 Å². The number of hydrogen-bond donors (Lipinski definition) is 2. The predicted molar refractivity (Wildman–Crippen MR) is 58.6 cm³/mol. The smallest absolute Gasteiger partial charge is 0.328 e. The van der Waals surface area contributed by atoms with Crippen LogP contribution in [0.1, 0.15) is 16.1 Å². The van der Waals surface area contributed by atoms with Crippen LogP contribution in [0.25, 0.3) is 0 Å². The molecule has 0 bridgehead atoms. The molecule has 0 aliphatic carbocycles.